The van der Waals surface area contributed by atoms with E-state index in [0.29, 0.717) is 24.4 Å². The van der Waals surface area contributed by atoms with Crippen LogP contribution >= 0.6 is 11.6 Å². The quantitative estimate of drug-likeness (QED) is 0.932. The van der Waals surface area contributed by atoms with Crippen LogP contribution in [-0.4, -0.2) is 24.4 Å². The first-order chi connectivity index (χ1) is 9.52. The third-order valence-corrected chi connectivity index (χ3v) is 3.91. The molecule has 1 heterocycles. The lowest BCUT2D eigenvalue weighted by atomic mass is 10.1. The van der Waals surface area contributed by atoms with Crippen LogP contribution in [-0.2, 0) is 9.59 Å². The smallest absolute Gasteiger partial charge is 0.249 e. The Labute approximate surface area is 124 Å². The molecular weight excluding hydrogens is 276 g/mol. The van der Waals surface area contributed by atoms with Gasteiger partial charge in [0.2, 0.25) is 11.8 Å². The summed E-state index contributed by atoms with van der Waals surface area (Å²) in [6.07, 6.45) is 1.82. The first-order valence-electron chi connectivity index (χ1n) is 6.89. The Hall–Kier alpha value is -1.55. The number of rotatable bonds is 3. The highest BCUT2D eigenvalue weighted by molar-refractivity contribution is 6.31. The van der Waals surface area contributed by atoms with Crippen molar-refractivity contribution < 1.29 is 9.59 Å². The molecule has 4 nitrogen and oxygen atoms in total. The third kappa shape index (κ3) is 3.12. The highest BCUT2D eigenvalue weighted by Gasteiger charge is 2.30. The fraction of sp³-hybridized carbons (Fsp3) is 0.467. The number of carbonyl (C=O) groups is 2. The molecule has 1 aromatic carbocycles. The molecule has 2 amide bonds. The second-order valence-electron chi connectivity index (χ2n) is 5.08. The second kappa shape index (κ2) is 6.27. The van der Waals surface area contributed by atoms with Crippen LogP contribution in [0.5, 0.6) is 0 Å². The normalized spacial score (nSPS) is 19.8. The van der Waals surface area contributed by atoms with Crippen LogP contribution in [0.25, 0.3) is 0 Å². The van der Waals surface area contributed by atoms with Gasteiger partial charge < -0.3 is 10.2 Å². The summed E-state index contributed by atoms with van der Waals surface area (Å²) in [6, 6.07) is 5.11. The summed E-state index contributed by atoms with van der Waals surface area (Å²) in [5.41, 5.74) is 1.72. The molecule has 1 atom stereocenters. The van der Waals surface area contributed by atoms with Crippen molar-refractivity contribution in [3.8, 4) is 0 Å². The van der Waals surface area contributed by atoms with Crippen molar-refractivity contribution in [2.75, 3.05) is 11.4 Å². The van der Waals surface area contributed by atoms with Crippen molar-refractivity contribution in [2.45, 2.75) is 39.2 Å². The molecule has 20 heavy (non-hydrogen) atoms. The summed E-state index contributed by atoms with van der Waals surface area (Å²) < 4.78 is 0. The van der Waals surface area contributed by atoms with Gasteiger partial charge >= 0.3 is 0 Å². The molecule has 1 aliphatic heterocycles. The van der Waals surface area contributed by atoms with Crippen molar-refractivity contribution >= 4 is 29.1 Å². The molecular formula is C15H19ClN2O2. The first kappa shape index (κ1) is 14.9. The van der Waals surface area contributed by atoms with Gasteiger partial charge in [-0.1, -0.05) is 31.0 Å². The van der Waals surface area contributed by atoms with Gasteiger partial charge in [0.15, 0.2) is 0 Å². The topological polar surface area (TPSA) is 49.4 Å². The molecule has 1 fully saturated rings. The Morgan fingerprint density at radius 2 is 2.15 bits per heavy atom. The van der Waals surface area contributed by atoms with Crippen LogP contribution in [0.2, 0.25) is 5.02 Å². The predicted octanol–water partition coefficient (Wildman–Crippen LogP) is 2.67. The molecule has 0 spiro atoms. The zero-order chi connectivity index (χ0) is 14.7. The lowest BCUT2D eigenvalue weighted by Gasteiger charge is -2.24. The first-order valence-corrected chi connectivity index (χ1v) is 7.27. The van der Waals surface area contributed by atoms with E-state index < -0.39 is 6.04 Å². The summed E-state index contributed by atoms with van der Waals surface area (Å²) in [5.74, 6) is -0.130. The fourth-order valence-electron chi connectivity index (χ4n) is 2.33. The van der Waals surface area contributed by atoms with Gasteiger partial charge in [-0.25, -0.2) is 0 Å². The lowest BCUT2D eigenvalue weighted by Crippen LogP contribution is -2.44. The van der Waals surface area contributed by atoms with E-state index in [2.05, 4.69) is 5.32 Å². The number of anilines is 1. The third-order valence-electron chi connectivity index (χ3n) is 3.51. The summed E-state index contributed by atoms with van der Waals surface area (Å²) in [6.45, 7) is 4.31. The van der Waals surface area contributed by atoms with E-state index >= 15 is 0 Å². The number of nitrogens with zero attached hydrogens (tertiary/aromatic N) is 1. The van der Waals surface area contributed by atoms with Gasteiger partial charge in [0, 0.05) is 23.7 Å². The van der Waals surface area contributed by atoms with Crippen LogP contribution < -0.4 is 10.2 Å². The summed E-state index contributed by atoms with van der Waals surface area (Å²) in [7, 11) is 0. The Kier molecular flexibility index (Phi) is 4.65. The monoisotopic (exact) mass is 294 g/mol. The zero-order valence-corrected chi connectivity index (χ0v) is 12.5. The molecule has 1 aliphatic rings. The molecule has 0 bridgehead atoms. The molecule has 108 valence electrons. The number of carbonyl (C=O) groups excluding carboxylic acids is 2. The van der Waals surface area contributed by atoms with Crippen LogP contribution in [0.4, 0.5) is 5.69 Å². The minimum Gasteiger partial charge on any atom is -0.344 e. The van der Waals surface area contributed by atoms with Gasteiger partial charge in [-0.05, 0) is 31.0 Å². The Bertz CT molecular complexity index is 531. The molecule has 0 aromatic heterocycles. The highest BCUT2D eigenvalue weighted by atomic mass is 35.5. The van der Waals surface area contributed by atoms with Gasteiger partial charge in [-0.15, -0.1) is 0 Å². The summed E-state index contributed by atoms with van der Waals surface area (Å²) in [4.78, 5) is 25.9. The van der Waals surface area contributed by atoms with E-state index in [-0.39, 0.29) is 11.8 Å². The molecule has 0 aliphatic carbocycles. The Morgan fingerprint density at radius 1 is 1.40 bits per heavy atom. The van der Waals surface area contributed by atoms with Gasteiger partial charge in [0.1, 0.15) is 6.04 Å². The molecule has 0 saturated carbocycles. The van der Waals surface area contributed by atoms with E-state index in [1.807, 2.05) is 26.0 Å². The van der Waals surface area contributed by atoms with E-state index in [4.69, 9.17) is 11.6 Å². The van der Waals surface area contributed by atoms with Gasteiger partial charge in [-0.3, -0.25) is 9.59 Å². The molecule has 2 rings (SSSR count). The number of halogens is 1. The number of amides is 2. The van der Waals surface area contributed by atoms with E-state index in [1.165, 1.54) is 0 Å². The Morgan fingerprint density at radius 3 is 2.80 bits per heavy atom. The number of nitrogens with one attached hydrogen (secondary N) is 1. The van der Waals surface area contributed by atoms with Crippen molar-refractivity contribution in [2.24, 2.45) is 0 Å². The maximum absolute atomic E-state index is 12.5. The minimum atomic E-state index is -0.435. The largest absolute Gasteiger partial charge is 0.344 e. The second-order valence-corrected chi connectivity index (χ2v) is 5.49. The number of hydrogen-bond acceptors (Lipinski definition) is 2. The van der Waals surface area contributed by atoms with E-state index in [9.17, 15) is 9.59 Å². The van der Waals surface area contributed by atoms with Crippen molar-refractivity contribution in [1.82, 2.24) is 5.32 Å². The van der Waals surface area contributed by atoms with E-state index in [1.54, 1.807) is 11.0 Å². The van der Waals surface area contributed by atoms with Crippen LogP contribution in [0, 0.1) is 6.92 Å². The van der Waals surface area contributed by atoms with Crippen LogP contribution in [0.1, 0.15) is 31.7 Å². The molecule has 5 heteroatoms. The number of hydrogen-bond donors (Lipinski definition) is 1. The molecule has 1 N–H and O–H groups in total. The van der Waals surface area contributed by atoms with Crippen molar-refractivity contribution in [3.05, 3.63) is 28.8 Å². The molecule has 1 unspecified atom stereocenters. The molecule has 0 radical (unpaired) electrons. The van der Waals surface area contributed by atoms with Gasteiger partial charge in [-0.2, -0.15) is 0 Å². The van der Waals surface area contributed by atoms with Crippen molar-refractivity contribution in [3.63, 3.8) is 0 Å². The highest BCUT2D eigenvalue weighted by Crippen LogP contribution is 2.25. The molecule has 1 saturated heterocycles. The molecule has 1 aromatic rings. The lowest BCUT2D eigenvalue weighted by molar-refractivity contribution is -0.125. The summed E-state index contributed by atoms with van der Waals surface area (Å²) in [5, 5.41) is 3.42. The maximum Gasteiger partial charge on any atom is 0.249 e. The van der Waals surface area contributed by atoms with Crippen LogP contribution in [0.15, 0.2) is 18.2 Å². The number of aryl methyl sites for hydroxylation is 1. The Balaban J connectivity index is 2.30. The SMILES string of the molecule is CCCC1NC(=O)CCN(c2ccc(C)c(Cl)c2)C1=O. The standard InChI is InChI=1S/C15H19ClN2O2/c1-3-4-13-15(20)18(8-7-14(19)17-13)11-6-5-10(2)12(16)9-11/h5-6,9,13H,3-4,7-8H2,1-2H3,(H,17,19). The zero-order valence-electron chi connectivity index (χ0n) is 11.8. The predicted molar refractivity (Wildman–Crippen MR) is 80.0 cm³/mol. The van der Waals surface area contributed by atoms with Gasteiger partial charge in [0.25, 0.3) is 0 Å². The van der Waals surface area contributed by atoms with Gasteiger partial charge in [0.05, 0.1) is 0 Å². The van der Waals surface area contributed by atoms with Crippen molar-refractivity contribution in [1.29, 1.82) is 0 Å². The van der Waals surface area contributed by atoms with Crippen LogP contribution in [0.3, 0.4) is 0 Å². The average Bonchev–Trinajstić information content (AvgIpc) is 2.54. The maximum atomic E-state index is 12.5. The summed E-state index contributed by atoms with van der Waals surface area (Å²) >= 11 is 6.13. The fourth-order valence-corrected chi connectivity index (χ4v) is 2.50. The number of benzene rings is 1. The minimum absolute atomic E-state index is 0.0578. The van der Waals surface area contributed by atoms with E-state index in [0.717, 1.165) is 17.7 Å². The average molecular weight is 295 g/mol.